The third-order valence-electron chi connectivity index (χ3n) is 2.20. The Morgan fingerprint density at radius 2 is 1.92 bits per heavy atom. The fourth-order valence-electron chi connectivity index (χ4n) is 1.24. The fourth-order valence-corrected chi connectivity index (χ4v) is 1.73. The highest BCUT2D eigenvalue weighted by Gasteiger charge is 2.57. The van der Waals surface area contributed by atoms with Crippen LogP contribution in [0.2, 0.25) is 0 Å². The van der Waals surface area contributed by atoms with E-state index in [2.05, 4.69) is 0 Å². The van der Waals surface area contributed by atoms with E-state index in [4.69, 9.17) is 23.2 Å². The number of nitrogens with zero attached hydrogens (tertiary/aromatic N) is 1. The van der Waals surface area contributed by atoms with Crippen molar-refractivity contribution >= 4 is 29.1 Å². The van der Waals surface area contributed by atoms with Crippen molar-refractivity contribution in [2.24, 2.45) is 5.92 Å². The molecule has 0 aliphatic heterocycles. The molecule has 12 heavy (non-hydrogen) atoms. The van der Waals surface area contributed by atoms with Crippen LogP contribution in [-0.4, -0.2) is 28.2 Å². The average Bonchev–Trinajstić information content (AvgIpc) is 2.62. The monoisotopic (exact) mass is 209 g/mol. The Morgan fingerprint density at radius 1 is 1.50 bits per heavy atom. The van der Waals surface area contributed by atoms with E-state index in [-0.39, 0.29) is 11.8 Å². The normalized spacial score (nSPS) is 25.2. The van der Waals surface area contributed by atoms with Crippen LogP contribution < -0.4 is 0 Å². The summed E-state index contributed by atoms with van der Waals surface area (Å²) in [5.74, 6) is -0.0780. The molecule has 0 aromatic heterocycles. The standard InChI is InChI=1S/C8H13Cl2NO/c1-3-11(4-2)7(12)6-5-8(6,9)10/h6H,3-5H2,1-2H3. The minimum Gasteiger partial charge on any atom is -0.343 e. The molecule has 1 aliphatic carbocycles. The van der Waals surface area contributed by atoms with E-state index < -0.39 is 4.33 Å². The van der Waals surface area contributed by atoms with Gasteiger partial charge < -0.3 is 4.90 Å². The van der Waals surface area contributed by atoms with E-state index in [1.54, 1.807) is 4.90 Å². The predicted molar refractivity (Wildman–Crippen MR) is 50.5 cm³/mol. The Morgan fingerprint density at radius 3 is 2.17 bits per heavy atom. The van der Waals surface area contributed by atoms with Gasteiger partial charge in [-0.05, 0) is 20.3 Å². The third kappa shape index (κ3) is 1.86. The van der Waals surface area contributed by atoms with Crippen LogP contribution in [0.4, 0.5) is 0 Å². The van der Waals surface area contributed by atoms with Crippen LogP contribution in [0.15, 0.2) is 0 Å². The lowest BCUT2D eigenvalue weighted by Gasteiger charge is -2.18. The van der Waals surface area contributed by atoms with E-state index in [0.29, 0.717) is 6.42 Å². The summed E-state index contributed by atoms with van der Waals surface area (Å²) in [6.07, 6.45) is 0.603. The van der Waals surface area contributed by atoms with Crippen molar-refractivity contribution in [2.75, 3.05) is 13.1 Å². The summed E-state index contributed by atoms with van der Waals surface area (Å²) in [4.78, 5) is 13.3. The molecule has 0 radical (unpaired) electrons. The fraction of sp³-hybridized carbons (Fsp3) is 0.875. The quantitative estimate of drug-likeness (QED) is 0.653. The lowest BCUT2D eigenvalue weighted by molar-refractivity contribution is -0.132. The molecule has 0 saturated heterocycles. The molecule has 1 unspecified atom stereocenters. The Balaban J connectivity index is 2.49. The van der Waals surface area contributed by atoms with Crippen molar-refractivity contribution in [3.8, 4) is 0 Å². The molecule has 0 aromatic rings. The summed E-state index contributed by atoms with van der Waals surface area (Å²) >= 11 is 11.6. The molecule has 1 amide bonds. The largest absolute Gasteiger partial charge is 0.343 e. The molecule has 1 rings (SSSR count). The number of rotatable bonds is 3. The maximum atomic E-state index is 11.5. The van der Waals surface area contributed by atoms with Crippen molar-refractivity contribution in [1.29, 1.82) is 0 Å². The van der Waals surface area contributed by atoms with Crippen LogP contribution >= 0.6 is 23.2 Å². The van der Waals surface area contributed by atoms with Gasteiger partial charge in [0.05, 0.1) is 5.92 Å². The molecule has 1 atom stereocenters. The van der Waals surface area contributed by atoms with Gasteiger partial charge in [0.15, 0.2) is 0 Å². The van der Waals surface area contributed by atoms with E-state index in [0.717, 1.165) is 13.1 Å². The second-order valence-electron chi connectivity index (χ2n) is 3.03. The van der Waals surface area contributed by atoms with Gasteiger partial charge in [0.2, 0.25) is 5.91 Å². The number of hydrogen-bond donors (Lipinski definition) is 0. The number of hydrogen-bond acceptors (Lipinski definition) is 1. The first-order valence-electron chi connectivity index (χ1n) is 4.19. The van der Waals surface area contributed by atoms with Crippen molar-refractivity contribution < 1.29 is 4.79 Å². The number of amides is 1. The van der Waals surface area contributed by atoms with Gasteiger partial charge >= 0.3 is 0 Å². The summed E-state index contributed by atoms with van der Waals surface area (Å²) in [7, 11) is 0. The molecule has 0 heterocycles. The topological polar surface area (TPSA) is 20.3 Å². The highest BCUT2D eigenvalue weighted by atomic mass is 35.5. The molecule has 0 N–H and O–H groups in total. The zero-order valence-electron chi connectivity index (χ0n) is 7.31. The second-order valence-corrected chi connectivity index (χ2v) is 4.57. The highest BCUT2D eigenvalue weighted by molar-refractivity contribution is 6.52. The lowest BCUT2D eigenvalue weighted by Crippen LogP contribution is -2.32. The van der Waals surface area contributed by atoms with E-state index >= 15 is 0 Å². The number of carbonyl (C=O) groups is 1. The van der Waals surface area contributed by atoms with Crippen LogP contribution in [0.5, 0.6) is 0 Å². The third-order valence-corrected chi connectivity index (χ3v) is 3.03. The zero-order valence-corrected chi connectivity index (χ0v) is 8.82. The smallest absolute Gasteiger partial charge is 0.228 e. The minimum atomic E-state index is -0.778. The van der Waals surface area contributed by atoms with Gasteiger partial charge in [-0.3, -0.25) is 4.79 Å². The van der Waals surface area contributed by atoms with Gasteiger partial charge in [-0.15, -0.1) is 23.2 Å². The van der Waals surface area contributed by atoms with Crippen molar-refractivity contribution in [3.63, 3.8) is 0 Å². The minimum absolute atomic E-state index is 0.0880. The molecule has 1 fully saturated rings. The molecule has 1 aliphatic rings. The van der Waals surface area contributed by atoms with Gasteiger partial charge in [-0.2, -0.15) is 0 Å². The maximum absolute atomic E-state index is 11.5. The Bertz CT molecular complexity index is 185. The zero-order chi connectivity index (χ0) is 9.35. The number of carbonyl (C=O) groups excluding carboxylic acids is 1. The molecule has 1 saturated carbocycles. The van der Waals surface area contributed by atoms with E-state index in [9.17, 15) is 4.79 Å². The first-order chi connectivity index (χ1) is 5.53. The molecular weight excluding hydrogens is 197 g/mol. The van der Waals surface area contributed by atoms with Gasteiger partial charge in [0.1, 0.15) is 4.33 Å². The Kier molecular flexibility index (Phi) is 2.89. The van der Waals surface area contributed by atoms with Crippen LogP contribution in [0, 0.1) is 5.92 Å². The lowest BCUT2D eigenvalue weighted by atomic mass is 10.3. The molecule has 0 aromatic carbocycles. The van der Waals surface area contributed by atoms with Crippen molar-refractivity contribution in [2.45, 2.75) is 24.6 Å². The first kappa shape index (κ1) is 10.1. The summed E-state index contributed by atoms with van der Waals surface area (Å²) in [5.41, 5.74) is 0. The summed E-state index contributed by atoms with van der Waals surface area (Å²) in [5, 5.41) is 0. The summed E-state index contributed by atoms with van der Waals surface area (Å²) in [6, 6.07) is 0. The molecule has 4 heteroatoms. The van der Waals surface area contributed by atoms with Crippen LogP contribution in [0.3, 0.4) is 0 Å². The molecule has 70 valence electrons. The molecule has 0 bridgehead atoms. The van der Waals surface area contributed by atoms with Crippen molar-refractivity contribution in [3.05, 3.63) is 0 Å². The van der Waals surface area contributed by atoms with E-state index in [1.807, 2.05) is 13.8 Å². The van der Waals surface area contributed by atoms with Gasteiger partial charge in [-0.1, -0.05) is 0 Å². The number of alkyl halides is 2. The first-order valence-corrected chi connectivity index (χ1v) is 4.95. The molecule has 2 nitrogen and oxygen atoms in total. The van der Waals surface area contributed by atoms with Crippen LogP contribution in [0.25, 0.3) is 0 Å². The van der Waals surface area contributed by atoms with Gasteiger partial charge in [0.25, 0.3) is 0 Å². The van der Waals surface area contributed by atoms with Crippen LogP contribution in [-0.2, 0) is 4.79 Å². The maximum Gasteiger partial charge on any atom is 0.228 e. The van der Waals surface area contributed by atoms with Crippen LogP contribution in [0.1, 0.15) is 20.3 Å². The summed E-state index contributed by atoms with van der Waals surface area (Å²) in [6.45, 7) is 5.37. The highest BCUT2D eigenvalue weighted by Crippen LogP contribution is 2.53. The second kappa shape index (κ2) is 3.43. The summed E-state index contributed by atoms with van der Waals surface area (Å²) < 4.78 is -0.778. The SMILES string of the molecule is CCN(CC)C(=O)C1CC1(Cl)Cl. The number of halogens is 2. The Hall–Kier alpha value is 0.0500. The van der Waals surface area contributed by atoms with E-state index in [1.165, 1.54) is 0 Å². The molecule has 0 spiro atoms. The predicted octanol–water partition coefficient (Wildman–Crippen LogP) is 2.05. The Labute approximate surface area is 82.8 Å². The van der Waals surface area contributed by atoms with Gasteiger partial charge in [-0.25, -0.2) is 0 Å². The average molecular weight is 210 g/mol. The van der Waals surface area contributed by atoms with Crippen molar-refractivity contribution in [1.82, 2.24) is 4.90 Å². The molecular formula is C8H13Cl2NO. The van der Waals surface area contributed by atoms with Gasteiger partial charge in [0, 0.05) is 13.1 Å².